The van der Waals surface area contributed by atoms with Gasteiger partial charge in [0.1, 0.15) is 0 Å². The number of hydrogen-bond acceptors (Lipinski definition) is 4. The maximum absolute atomic E-state index is 5.83. The van der Waals surface area contributed by atoms with E-state index < -0.39 is 0 Å². The molecule has 0 spiro atoms. The highest BCUT2D eigenvalue weighted by Gasteiger charge is 2.10. The number of nitrogens with two attached hydrogens (primary N) is 1. The quantitative estimate of drug-likeness (QED) is 0.825. The van der Waals surface area contributed by atoms with Crippen LogP contribution in [-0.4, -0.2) is 15.2 Å². The van der Waals surface area contributed by atoms with Crippen molar-refractivity contribution in [1.29, 1.82) is 0 Å². The Morgan fingerprint density at radius 2 is 2.31 bits per heavy atom. The molecule has 3 N–H and O–H groups in total. The fourth-order valence-electron chi connectivity index (χ4n) is 1.38. The number of ether oxygens (including phenoxy) is 1. The molecular weight excluding hydrogens is 204 g/mol. The minimum Gasteiger partial charge on any atom is -0.419 e. The molecule has 0 bridgehead atoms. The molecule has 0 saturated carbocycles. The van der Waals surface area contributed by atoms with Crippen molar-refractivity contribution in [3.05, 3.63) is 35.7 Å². The Labute approximate surface area is 93.7 Å². The first-order valence-corrected chi connectivity index (χ1v) is 5.07. The average Bonchev–Trinajstić information content (AvgIpc) is 2.64. The van der Waals surface area contributed by atoms with Gasteiger partial charge in [-0.25, -0.2) is 4.98 Å². The number of pyridine rings is 1. The number of H-pyrrole nitrogens is 1. The third-order valence-electron chi connectivity index (χ3n) is 2.17. The van der Waals surface area contributed by atoms with Crippen LogP contribution in [0.25, 0.3) is 0 Å². The summed E-state index contributed by atoms with van der Waals surface area (Å²) < 4.78 is 5.56. The van der Waals surface area contributed by atoms with Crippen molar-refractivity contribution in [2.24, 2.45) is 5.73 Å². The van der Waals surface area contributed by atoms with Crippen molar-refractivity contribution in [1.82, 2.24) is 15.2 Å². The molecule has 0 aliphatic rings. The van der Waals surface area contributed by atoms with Gasteiger partial charge in [0.2, 0.25) is 11.8 Å². The van der Waals surface area contributed by atoms with Crippen LogP contribution in [0, 0.1) is 6.92 Å². The minimum atomic E-state index is -0.122. The summed E-state index contributed by atoms with van der Waals surface area (Å²) in [6, 6.07) is 5.41. The molecule has 2 heterocycles. The molecule has 0 amide bonds. The fourth-order valence-corrected chi connectivity index (χ4v) is 1.38. The monoisotopic (exact) mass is 218 g/mol. The SMILES string of the molecule is Cc1cc(Oc2ncccc2[C@@H](C)N)n[nH]1. The second-order valence-electron chi connectivity index (χ2n) is 3.68. The number of aryl methyl sites for hydroxylation is 1. The van der Waals surface area contributed by atoms with Crippen molar-refractivity contribution >= 4 is 0 Å². The summed E-state index contributed by atoms with van der Waals surface area (Å²) in [5.74, 6) is 1.00. The van der Waals surface area contributed by atoms with Crippen molar-refractivity contribution in [3.8, 4) is 11.8 Å². The topological polar surface area (TPSA) is 76.8 Å². The fraction of sp³-hybridized carbons (Fsp3) is 0.273. The van der Waals surface area contributed by atoms with Crippen LogP contribution in [0.4, 0.5) is 0 Å². The number of aromatic nitrogens is 3. The van der Waals surface area contributed by atoms with Crippen LogP contribution in [0.5, 0.6) is 11.8 Å². The Morgan fingerprint density at radius 3 is 2.94 bits per heavy atom. The highest BCUT2D eigenvalue weighted by atomic mass is 16.5. The van der Waals surface area contributed by atoms with E-state index in [9.17, 15) is 0 Å². The smallest absolute Gasteiger partial charge is 0.240 e. The number of nitrogens with one attached hydrogen (secondary N) is 1. The van der Waals surface area contributed by atoms with Crippen LogP contribution >= 0.6 is 0 Å². The van der Waals surface area contributed by atoms with Gasteiger partial charge in [0, 0.05) is 29.6 Å². The van der Waals surface area contributed by atoms with Gasteiger partial charge in [-0.1, -0.05) is 6.07 Å². The molecule has 0 saturated heterocycles. The molecule has 84 valence electrons. The van der Waals surface area contributed by atoms with Crippen molar-refractivity contribution in [3.63, 3.8) is 0 Å². The van der Waals surface area contributed by atoms with Gasteiger partial charge < -0.3 is 10.5 Å². The zero-order valence-electron chi connectivity index (χ0n) is 9.27. The predicted molar refractivity (Wildman–Crippen MR) is 60.2 cm³/mol. The first-order chi connectivity index (χ1) is 7.66. The van der Waals surface area contributed by atoms with Crippen LogP contribution in [0.2, 0.25) is 0 Å². The summed E-state index contributed by atoms with van der Waals surface area (Å²) in [5.41, 5.74) is 7.63. The summed E-state index contributed by atoms with van der Waals surface area (Å²) >= 11 is 0. The Hall–Kier alpha value is -1.88. The van der Waals surface area contributed by atoms with E-state index in [-0.39, 0.29) is 6.04 Å². The number of nitrogens with zero attached hydrogens (tertiary/aromatic N) is 2. The minimum absolute atomic E-state index is 0.122. The van der Waals surface area contributed by atoms with Crippen LogP contribution in [0.1, 0.15) is 24.2 Å². The van der Waals surface area contributed by atoms with Gasteiger partial charge >= 0.3 is 0 Å². The van der Waals surface area contributed by atoms with E-state index in [2.05, 4.69) is 15.2 Å². The molecule has 2 aromatic rings. The second-order valence-corrected chi connectivity index (χ2v) is 3.68. The van der Waals surface area contributed by atoms with Crippen molar-refractivity contribution < 1.29 is 4.74 Å². The Kier molecular flexibility index (Phi) is 2.87. The Bertz CT molecular complexity index is 478. The number of aromatic amines is 1. The van der Waals surface area contributed by atoms with E-state index in [0.29, 0.717) is 11.8 Å². The lowest BCUT2D eigenvalue weighted by Gasteiger charge is -2.10. The van der Waals surface area contributed by atoms with Gasteiger partial charge in [-0.2, -0.15) is 0 Å². The zero-order chi connectivity index (χ0) is 11.5. The lowest BCUT2D eigenvalue weighted by Crippen LogP contribution is -2.07. The summed E-state index contributed by atoms with van der Waals surface area (Å²) in [7, 11) is 0. The third kappa shape index (κ3) is 2.20. The molecular formula is C11H14N4O. The van der Waals surface area contributed by atoms with Gasteiger partial charge in [-0.05, 0) is 19.9 Å². The molecule has 5 nitrogen and oxygen atoms in total. The van der Waals surface area contributed by atoms with Gasteiger partial charge in [-0.15, -0.1) is 5.10 Å². The van der Waals surface area contributed by atoms with Gasteiger partial charge in [0.05, 0.1) is 0 Å². The Balaban J connectivity index is 2.27. The molecule has 2 rings (SSSR count). The normalized spacial score (nSPS) is 12.4. The highest BCUT2D eigenvalue weighted by Crippen LogP contribution is 2.25. The first kappa shape index (κ1) is 10.6. The molecule has 0 aromatic carbocycles. The summed E-state index contributed by atoms with van der Waals surface area (Å²) in [6.07, 6.45) is 1.67. The van der Waals surface area contributed by atoms with Gasteiger partial charge in [0.15, 0.2) is 0 Å². The maximum atomic E-state index is 5.83. The average molecular weight is 218 g/mol. The van der Waals surface area contributed by atoms with Crippen molar-refractivity contribution in [2.45, 2.75) is 19.9 Å². The summed E-state index contributed by atoms with van der Waals surface area (Å²) in [4.78, 5) is 4.15. The van der Waals surface area contributed by atoms with E-state index in [1.165, 1.54) is 0 Å². The number of rotatable bonds is 3. The lowest BCUT2D eigenvalue weighted by atomic mass is 10.1. The largest absolute Gasteiger partial charge is 0.419 e. The second kappa shape index (κ2) is 4.32. The van der Waals surface area contributed by atoms with E-state index in [1.54, 1.807) is 12.3 Å². The first-order valence-electron chi connectivity index (χ1n) is 5.07. The molecule has 1 atom stereocenters. The van der Waals surface area contributed by atoms with Crippen LogP contribution in [-0.2, 0) is 0 Å². The molecule has 0 radical (unpaired) electrons. The zero-order valence-corrected chi connectivity index (χ0v) is 9.27. The lowest BCUT2D eigenvalue weighted by molar-refractivity contribution is 0.434. The maximum Gasteiger partial charge on any atom is 0.240 e. The molecule has 0 aliphatic heterocycles. The van der Waals surface area contributed by atoms with E-state index >= 15 is 0 Å². The third-order valence-corrected chi connectivity index (χ3v) is 2.17. The summed E-state index contributed by atoms with van der Waals surface area (Å²) in [5, 5.41) is 6.79. The number of hydrogen-bond donors (Lipinski definition) is 2. The highest BCUT2D eigenvalue weighted by molar-refractivity contribution is 5.31. The van der Waals surface area contributed by atoms with E-state index in [1.807, 2.05) is 26.0 Å². The van der Waals surface area contributed by atoms with Crippen molar-refractivity contribution in [2.75, 3.05) is 0 Å². The molecule has 5 heteroatoms. The molecule has 2 aromatic heterocycles. The Morgan fingerprint density at radius 1 is 1.50 bits per heavy atom. The van der Waals surface area contributed by atoms with E-state index in [0.717, 1.165) is 11.3 Å². The van der Waals surface area contributed by atoms with Crippen LogP contribution in [0.15, 0.2) is 24.4 Å². The van der Waals surface area contributed by atoms with E-state index in [4.69, 9.17) is 10.5 Å². The molecule has 0 fully saturated rings. The van der Waals surface area contributed by atoms with Crippen LogP contribution in [0.3, 0.4) is 0 Å². The van der Waals surface area contributed by atoms with Gasteiger partial charge in [-0.3, -0.25) is 5.10 Å². The predicted octanol–water partition coefficient (Wildman–Crippen LogP) is 1.93. The summed E-state index contributed by atoms with van der Waals surface area (Å²) in [6.45, 7) is 3.80. The molecule has 16 heavy (non-hydrogen) atoms. The van der Waals surface area contributed by atoms with Gasteiger partial charge in [0.25, 0.3) is 0 Å². The standard InChI is InChI=1S/C11H14N4O/c1-7-6-10(15-14-7)16-11-9(8(2)12)4-3-5-13-11/h3-6,8H,12H2,1-2H3,(H,14,15)/t8-/m1/s1. The van der Waals surface area contributed by atoms with Crippen LogP contribution < -0.4 is 10.5 Å². The molecule has 0 unspecified atom stereocenters. The molecule has 0 aliphatic carbocycles.